The summed E-state index contributed by atoms with van der Waals surface area (Å²) >= 11 is 3.40. The van der Waals surface area contributed by atoms with Gasteiger partial charge >= 0.3 is 0 Å². The molecule has 0 spiro atoms. The van der Waals surface area contributed by atoms with Gasteiger partial charge in [-0.3, -0.25) is 13.9 Å². The van der Waals surface area contributed by atoms with Crippen molar-refractivity contribution in [2.45, 2.75) is 33.4 Å². The van der Waals surface area contributed by atoms with Crippen LogP contribution in [-0.2, 0) is 26.2 Å². The number of ether oxygens (including phenoxy) is 2. The summed E-state index contributed by atoms with van der Waals surface area (Å²) in [7, 11) is -3.84. The summed E-state index contributed by atoms with van der Waals surface area (Å²) in [6.45, 7) is 6.48. The van der Waals surface area contributed by atoms with Crippen LogP contribution in [0.1, 0.15) is 26.3 Å². The van der Waals surface area contributed by atoms with E-state index in [2.05, 4.69) is 21.2 Å². The first-order valence-corrected chi connectivity index (χ1v) is 14.3. The maximum atomic E-state index is 13.6. The lowest BCUT2D eigenvalue weighted by atomic mass is 10.1. The topological polar surface area (TPSA) is 105 Å². The van der Waals surface area contributed by atoms with Crippen molar-refractivity contribution in [3.63, 3.8) is 0 Å². The van der Waals surface area contributed by atoms with E-state index in [1.807, 2.05) is 38.1 Å². The second kappa shape index (κ2) is 12.0. The molecule has 0 bridgehead atoms. The number of rotatable bonds is 10. The number of fused-ring (bicyclic) bond motifs is 1. The van der Waals surface area contributed by atoms with Crippen molar-refractivity contribution in [2.24, 2.45) is 5.92 Å². The summed E-state index contributed by atoms with van der Waals surface area (Å²) in [5.41, 5.74) is 1.08. The second-order valence-electron chi connectivity index (χ2n) is 9.06. The molecular formula is C25H32BrN3O6S. The average molecular weight is 583 g/mol. The van der Waals surface area contributed by atoms with Crippen LogP contribution in [0.5, 0.6) is 11.5 Å². The van der Waals surface area contributed by atoms with E-state index < -0.39 is 28.5 Å². The number of nitrogens with zero attached hydrogens (tertiary/aromatic N) is 2. The van der Waals surface area contributed by atoms with E-state index in [-0.39, 0.29) is 24.1 Å². The van der Waals surface area contributed by atoms with Gasteiger partial charge in [0.1, 0.15) is 25.8 Å². The number of amides is 2. The molecule has 11 heteroatoms. The molecule has 36 heavy (non-hydrogen) atoms. The summed E-state index contributed by atoms with van der Waals surface area (Å²) in [6.07, 6.45) is 1.04. The van der Waals surface area contributed by atoms with Crippen LogP contribution in [0.3, 0.4) is 0 Å². The molecule has 2 aromatic carbocycles. The molecule has 1 N–H and O–H groups in total. The zero-order valence-corrected chi connectivity index (χ0v) is 23.3. The van der Waals surface area contributed by atoms with Gasteiger partial charge in [0.25, 0.3) is 0 Å². The molecule has 0 unspecified atom stereocenters. The Morgan fingerprint density at radius 3 is 2.28 bits per heavy atom. The van der Waals surface area contributed by atoms with E-state index in [0.717, 1.165) is 20.6 Å². The number of benzene rings is 2. The van der Waals surface area contributed by atoms with Crippen LogP contribution in [0.2, 0.25) is 0 Å². The van der Waals surface area contributed by atoms with Crippen LogP contribution in [0, 0.1) is 5.92 Å². The summed E-state index contributed by atoms with van der Waals surface area (Å²) in [6, 6.07) is 11.3. The van der Waals surface area contributed by atoms with Gasteiger partial charge in [0, 0.05) is 23.6 Å². The Balaban J connectivity index is 1.89. The largest absolute Gasteiger partial charge is 0.486 e. The first-order chi connectivity index (χ1) is 17.0. The Kier molecular flexibility index (Phi) is 9.24. The van der Waals surface area contributed by atoms with E-state index in [0.29, 0.717) is 31.3 Å². The Labute approximate surface area is 220 Å². The van der Waals surface area contributed by atoms with Crippen molar-refractivity contribution in [3.8, 4) is 11.5 Å². The normalized spacial score (nSPS) is 13.7. The quantitative estimate of drug-likeness (QED) is 0.462. The van der Waals surface area contributed by atoms with Gasteiger partial charge in [0.15, 0.2) is 11.5 Å². The molecule has 0 radical (unpaired) electrons. The van der Waals surface area contributed by atoms with Crippen molar-refractivity contribution in [1.29, 1.82) is 0 Å². The molecule has 2 amide bonds. The van der Waals surface area contributed by atoms with Gasteiger partial charge in [0.2, 0.25) is 21.8 Å². The van der Waals surface area contributed by atoms with Gasteiger partial charge in [0.05, 0.1) is 11.9 Å². The van der Waals surface area contributed by atoms with Gasteiger partial charge in [-0.25, -0.2) is 8.42 Å². The number of anilines is 1. The summed E-state index contributed by atoms with van der Waals surface area (Å²) in [5, 5.41) is 2.86. The predicted molar refractivity (Wildman–Crippen MR) is 142 cm³/mol. The second-order valence-corrected chi connectivity index (χ2v) is 11.9. The fourth-order valence-electron chi connectivity index (χ4n) is 3.62. The van der Waals surface area contributed by atoms with Crippen LogP contribution in [0.15, 0.2) is 46.9 Å². The van der Waals surface area contributed by atoms with E-state index in [1.54, 1.807) is 25.1 Å². The first-order valence-electron chi connectivity index (χ1n) is 11.6. The monoisotopic (exact) mass is 581 g/mol. The summed E-state index contributed by atoms with van der Waals surface area (Å²) < 4.78 is 38.5. The van der Waals surface area contributed by atoms with Gasteiger partial charge in [-0.2, -0.15) is 0 Å². The van der Waals surface area contributed by atoms with Crippen LogP contribution in [0.25, 0.3) is 0 Å². The maximum absolute atomic E-state index is 13.6. The van der Waals surface area contributed by atoms with Gasteiger partial charge in [-0.05, 0) is 42.7 Å². The van der Waals surface area contributed by atoms with E-state index in [4.69, 9.17) is 9.47 Å². The number of carbonyl (C=O) groups is 2. The minimum atomic E-state index is -3.84. The molecule has 0 fully saturated rings. The minimum Gasteiger partial charge on any atom is -0.486 e. The molecule has 1 atom stereocenters. The van der Waals surface area contributed by atoms with Crippen molar-refractivity contribution in [2.75, 3.05) is 36.9 Å². The van der Waals surface area contributed by atoms with Crippen molar-refractivity contribution >= 4 is 43.5 Å². The number of sulfonamides is 1. The van der Waals surface area contributed by atoms with Crippen molar-refractivity contribution in [3.05, 3.63) is 52.5 Å². The highest BCUT2D eigenvalue weighted by Crippen LogP contribution is 2.34. The minimum absolute atomic E-state index is 0.140. The molecule has 1 aliphatic heterocycles. The fraction of sp³-hybridized carbons (Fsp3) is 0.440. The fourth-order valence-corrected chi connectivity index (χ4v) is 4.73. The third-order valence-electron chi connectivity index (χ3n) is 5.61. The molecule has 0 saturated carbocycles. The standard InChI is InChI=1S/C25H32BrN3O6S/c1-17(2)14-27-25(31)18(3)28(15-19-5-7-20(26)8-6-19)24(30)16-29(36(4,32)33)21-9-10-22-23(13-21)35-12-11-34-22/h5-10,13,17-18H,11-12,14-16H2,1-4H3,(H,27,31)/t18-/m1/s1. The van der Waals surface area contributed by atoms with Crippen LogP contribution in [-0.4, -0.2) is 63.7 Å². The van der Waals surface area contributed by atoms with Gasteiger partial charge in [-0.1, -0.05) is 41.9 Å². The number of hydrogen-bond donors (Lipinski definition) is 1. The molecule has 0 aliphatic carbocycles. The highest BCUT2D eigenvalue weighted by atomic mass is 79.9. The van der Waals surface area contributed by atoms with Crippen LogP contribution < -0.4 is 19.1 Å². The zero-order chi connectivity index (χ0) is 26.5. The van der Waals surface area contributed by atoms with Crippen LogP contribution >= 0.6 is 15.9 Å². The third-order valence-corrected chi connectivity index (χ3v) is 7.28. The lowest BCUT2D eigenvalue weighted by Crippen LogP contribution is -2.51. The number of halogens is 1. The third kappa shape index (κ3) is 7.36. The summed E-state index contributed by atoms with van der Waals surface area (Å²) in [4.78, 5) is 27.9. The smallest absolute Gasteiger partial charge is 0.244 e. The number of nitrogens with one attached hydrogen (secondary N) is 1. The van der Waals surface area contributed by atoms with E-state index in [1.165, 1.54) is 4.90 Å². The first kappa shape index (κ1) is 27.8. The van der Waals surface area contributed by atoms with E-state index >= 15 is 0 Å². The van der Waals surface area contributed by atoms with Gasteiger partial charge < -0.3 is 19.7 Å². The molecule has 196 valence electrons. The maximum Gasteiger partial charge on any atom is 0.244 e. The lowest BCUT2D eigenvalue weighted by Gasteiger charge is -2.32. The van der Waals surface area contributed by atoms with Crippen LogP contribution in [0.4, 0.5) is 5.69 Å². The Hall–Kier alpha value is -2.79. The molecule has 0 aromatic heterocycles. The number of hydrogen-bond acceptors (Lipinski definition) is 6. The van der Waals surface area contributed by atoms with Crippen molar-refractivity contribution < 1.29 is 27.5 Å². The molecule has 0 saturated heterocycles. The lowest BCUT2D eigenvalue weighted by molar-refractivity contribution is -0.139. The Morgan fingerprint density at radius 2 is 1.67 bits per heavy atom. The number of carbonyl (C=O) groups excluding carboxylic acids is 2. The molecule has 9 nitrogen and oxygen atoms in total. The Bertz CT molecular complexity index is 1190. The Morgan fingerprint density at radius 1 is 1.03 bits per heavy atom. The average Bonchev–Trinajstić information content (AvgIpc) is 2.83. The van der Waals surface area contributed by atoms with Gasteiger partial charge in [-0.15, -0.1) is 0 Å². The molecule has 3 rings (SSSR count). The molecular weight excluding hydrogens is 550 g/mol. The highest BCUT2D eigenvalue weighted by Gasteiger charge is 2.30. The molecule has 1 aliphatic rings. The van der Waals surface area contributed by atoms with E-state index in [9.17, 15) is 18.0 Å². The highest BCUT2D eigenvalue weighted by molar-refractivity contribution is 9.10. The molecule has 1 heterocycles. The molecule has 2 aromatic rings. The summed E-state index contributed by atoms with van der Waals surface area (Å²) in [5.74, 6) is 0.350. The van der Waals surface area contributed by atoms with Crippen molar-refractivity contribution in [1.82, 2.24) is 10.2 Å². The predicted octanol–water partition coefficient (Wildman–Crippen LogP) is 3.18. The SMILES string of the molecule is CC(C)CNC(=O)[C@@H](C)N(Cc1ccc(Br)cc1)C(=O)CN(c1ccc2c(c1)OCCO2)S(C)(=O)=O. The zero-order valence-electron chi connectivity index (χ0n) is 20.9.